The molecule has 0 saturated carbocycles. The Kier molecular flexibility index (Phi) is 2.25. The Hall–Kier alpha value is -1.35. The monoisotopic (exact) mass is 204 g/mol. The summed E-state index contributed by atoms with van der Waals surface area (Å²) in [5.41, 5.74) is 2.02. The number of fused-ring (bicyclic) bond motifs is 1. The van der Waals surface area contributed by atoms with Crippen molar-refractivity contribution in [1.82, 2.24) is 9.88 Å². The summed E-state index contributed by atoms with van der Waals surface area (Å²) in [4.78, 5) is 6.50. The lowest BCUT2D eigenvalue weighted by atomic mass is 10.3. The molecule has 0 saturated heterocycles. The summed E-state index contributed by atoms with van der Waals surface area (Å²) in [7, 11) is 3.96. The normalized spacial score (nSPS) is 10.4. The number of aromatic nitrogens is 1. The van der Waals surface area contributed by atoms with E-state index in [2.05, 4.69) is 17.6 Å². The minimum absolute atomic E-state index is 0.964. The lowest BCUT2D eigenvalue weighted by molar-refractivity contribution is 0.593. The second kappa shape index (κ2) is 3.42. The summed E-state index contributed by atoms with van der Waals surface area (Å²) in [5.74, 6) is 0. The summed E-state index contributed by atoms with van der Waals surface area (Å²) < 4.78 is 1.21. The molecule has 72 valence electrons. The third-order valence-electron chi connectivity index (χ3n) is 2.08. The van der Waals surface area contributed by atoms with E-state index < -0.39 is 0 Å². The first-order valence-electron chi connectivity index (χ1n) is 4.40. The molecule has 0 fully saturated rings. The Balaban J connectivity index is 2.50. The van der Waals surface area contributed by atoms with Gasteiger partial charge in [0.05, 0.1) is 15.9 Å². The van der Waals surface area contributed by atoms with Crippen molar-refractivity contribution >= 4 is 27.3 Å². The molecule has 1 aromatic heterocycles. The van der Waals surface area contributed by atoms with Crippen LogP contribution in [-0.4, -0.2) is 24.0 Å². The molecule has 2 nitrogen and oxygen atoms in total. The quantitative estimate of drug-likeness (QED) is 0.747. The van der Waals surface area contributed by atoms with Gasteiger partial charge in [-0.1, -0.05) is 18.7 Å². The van der Waals surface area contributed by atoms with Crippen LogP contribution in [-0.2, 0) is 0 Å². The second-order valence-electron chi connectivity index (χ2n) is 3.33. The van der Waals surface area contributed by atoms with Crippen LogP contribution in [0.25, 0.3) is 15.9 Å². The SMILES string of the molecule is C=C(c1nc2ccccc2s1)N(C)C. The third-order valence-corrected chi connectivity index (χ3v) is 3.17. The van der Waals surface area contributed by atoms with Gasteiger partial charge in [-0.2, -0.15) is 0 Å². The van der Waals surface area contributed by atoms with Gasteiger partial charge >= 0.3 is 0 Å². The van der Waals surface area contributed by atoms with Gasteiger partial charge in [-0.05, 0) is 12.1 Å². The molecule has 14 heavy (non-hydrogen) atoms. The van der Waals surface area contributed by atoms with E-state index >= 15 is 0 Å². The van der Waals surface area contributed by atoms with Gasteiger partial charge in [0.15, 0.2) is 0 Å². The molecule has 0 aliphatic rings. The average molecular weight is 204 g/mol. The molecule has 0 spiro atoms. The Labute approximate surface area is 87.5 Å². The van der Waals surface area contributed by atoms with E-state index in [0.29, 0.717) is 0 Å². The zero-order valence-corrected chi connectivity index (χ0v) is 9.14. The van der Waals surface area contributed by atoms with E-state index in [0.717, 1.165) is 16.2 Å². The number of para-hydroxylation sites is 1. The molecule has 1 heterocycles. The summed E-state index contributed by atoms with van der Waals surface area (Å²) in [6.07, 6.45) is 0. The molecule has 0 aliphatic heterocycles. The fourth-order valence-corrected chi connectivity index (χ4v) is 2.20. The van der Waals surface area contributed by atoms with Crippen LogP contribution in [0, 0.1) is 0 Å². The summed E-state index contributed by atoms with van der Waals surface area (Å²) in [5, 5.41) is 0.996. The highest BCUT2D eigenvalue weighted by Crippen LogP contribution is 2.26. The van der Waals surface area contributed by atoms with Gasteiger partial charge in [0.2, 0.25) is 0 Å². The topological polar surface area (TPSA) is 16.1 Å². The first kappa shape index (κ1) is 9.21. The van der Waals surface area contributed by atoms with Crippen molar-refractivity contribution in [2.75, 3.05) is 14.1 Å². The number of benzene rings is 1. The molecular formula is C11H12N2S. The van der Waals surface area contributed by atoms with E-state index in [1.54, 1.807) is 11.3 Å². The smallest absolute Gasteiger partial charge is 0.140 e. The Morgan fingerprint density at radius 2 is 2.07 bits per heavy atom. The fraction of sp³-hybridized carbons (Fsp3) is 0.182. The largest absolute Gasteiger partial charge is 0.376 e. The van der Waals surface area contributed by atoms with Gasteiger partial charge in [-0.15, -0.1) is 11.3 Å². The highest BCUT2D eigenvalue weighted by Gasteiger charge is 2.07. The maximum Gasteiger partial charge on any atom is 0.140 e. The number of hydrogen-bond acceptors (Lipinski definition) is 3. The Morgan fingerprint density at radius 3 is 2.71 bits per heavy atom. The van der Waals surface area contributed by atoms with Crippen LogP contribution in [0.4, 0.5) is 0 Å². The molecule has 2 aromatic rings. The highest BCUT2D eigenvalue weighted by molar-refractivity contribution is 7.19. The van der Waals surface area contributed by atoms with Crippen molar-refractivity contribution in [2.45, 2.75) is 0 Å². The Morgan fingerprint density at radius 1 is 1.36 bits per heavy atom. The van der Waals surface area contributed by atoms with Crippen LogP contribution in [0.1, 0.15) is 5.01 Å². The maximum atomic E-state index is 4.51. The minimum Gasteiger partial charge on any atom is -0.376 e. The van der Waals surface area contributed by atoms with Gasteiger partial charge in [0.25, 0.3) is 0 Å². The number of thiazole rings is 1. The number of rotatable bonds is 2. The fourth-order valence-electron chi connectivity index (χ4n) is 1.19. The number of hydrogen-bond donors (Lipinski definition) is 0. The number of nitrogens with zero attached hydrogens (tertiary/aromatic N) is 2. The standard InChI is InChI=1S/C11H12N2S/c1-8(13(2)3)11-12-9-6-4-5-7-10(9)14-11/h4-7H,1H2,2-3H3. The van der Waals surface area contributed by atoms with Gasteiger partial charge in [0, 0.05) is 14.1 Å². The molecule has 1 aromatic carbocycles. The first-order chi connectivity index (χ1) is 6.68. The predicted octanol–water partition coefficient (Wildman–Crippen LogP) is 2.83. The van der Waals surface area contributed by atoms with Crippen LogP contribution in [0.15, 0.2) is 30.8 Å². The minimum atomic E-state index is 0.964. The first-order valence-corrected chi connectivity index (χ1v) is 5.22. The summed E-state index contributed by atoms with van der Waals surface area (Å²) >= 11 is 1.68. The summed E-state index contributed by atoms with van der Waals surface area (Å²) in [6, 6.07) is 8.14. The third kappa shape index (κ3) is 1.51. The van der Waals surface area contributed by atoms with Crippen molar-refractivity contribution in [3.05, 3.63) is 35.9 Å². The molecule has 3 heteroatoms. The van der Waals surface area contributed by atoms with E-state index in [1.807, 2.05) is 37.2 Å². The van der Waals surface area contributed by atoms with E-state index in [4.69, 9.17) is 0 Å². The van der Waals surface area contributed by atoms with Gasteiger partial charge in [0.1, 0.15) is 5.01 Å². The van der Waals surface area contributed by atoms with Crippen LogP contribution >= 0.6 is 11.3 Å². The van der Waals surface area contributed by atoms with Crippen LogP contribution in [0.2, 0.25) is 0 Å². The zero-order valence-electron chi connectivity index (χ0n) is 8.32. The van der Waals surface area contributed by atoms with Gasteiger partial charge < -0.3 is 4.90 Å². The van der Waals surface area contributed by atoms with Crippen molar-refractivity contribution < 1.29 is 0 Å². The molecule has 0 amide bonds. The molecular weight excluding hydrogens is 192 g/mol. The van der Waals surface area contributed by atoms with E-state index in [1.165, 1.54) is 4.70 Å². The van der Waals surface area contributed by atoms with Gasteiger partial charge in [-0.25, -0.2) is 4.98 Å². The van der Waals surface area contributed by atoms with Crippen molar-refractivity contribution in [3.63, 3.8) is 0 Å². The lowest BCUT2D eigenvalue weighted by Gasteiger charge is -2.11. The highest BCUT2D eigenvalue weighted by atomic mass is 32.1. The second-order valence-corrected chi connectivity index (χ2v) is 4.36. The van der Waals surface area contributed by atoms with Crippen LogP contribution < -0.4 is 0 Å². The molecule has 0 atom stereocenters. The average Bonchev–Trinajstić information content (AvgIpc) is 2.59. The zero-order chi connectivity index (χ0) is 10.1. The van der Waals surface area contributed by atoms with Crippen molar-refractivity contribution in [3.8, 4) is 0 Å². The van der Waals surface area contributed by atoms with E-state index in [-0.39, 0.29) is 0 Å². The molecule has 0 aliphatic carbocycles. The molecule has 0 N–H and O–H groups in total. The predicted molar refractivity (Wildman–Crippen MR) is 62.3 cm³/mol. The van der Waals surface area contributed by atoms with Crippen LogP contribution in [0.3, 0.4) is 0 Å². The lowest BCUT2D eigenvalue weighted by Crippen LogP contribution is -2.08. The Bertz CT molecular complexity index is 438. The van der Waals surface area contributed by atoms with Crippen molar-refractivity contribution in [1.29, 1.82) is 0 Å². The van der Waals surface area contributed by atoms with Gasteiger partial charge in [-0.3, -0.25) is 0 Å². The van der Waals surface area contributed by atoms with Crippen LogP contribution in [0.5, 0.6) is 0 Å². The molecule has 2 rings (SSSR count). The molecule has 0 radical (unpaired) electrons. The molecule has 0 unspecified atom stereocenters. The van der Waals surface area contributed by atoms with Crippen molar-refractivity contribution in [2.24, 2.45) is 0 Å². The maximum absolute atomic E-state index is 4.51. The molecule has 0 bridgehead atoms. The summed E-state index contributed by atoms with van der Waals surface area (Å²) in [6.45, 7) is 3.99. The van der Waals surface area contributed by atoms with E-state index in [9.17, 15) is 0 Å².